The van der Waals surface area contributed by atoms with Gasteiger partial charge in [-0.1, -0.05) is 41.4 Å². The minimum absolute atomic E-state index is 0.824. The van der Waals surface area contributed by atoms with Gasteiger partial charge in [0.1, 0.15) is 0 Å². The number of hydrogen-bond acceptors (Lipinski definition) is 0. The monoisotopic (exact) mass is 262 g/mol. The van der Waals surface area contributed by atoms with E-state index in [1.165, 1.54) is 16.7 Å². The molecule has 0 aliphatic rings. The molecule has 0 spiro atoms. The first kappa shape index (κ1) is 13.0. The molecule has 0 N–H and O–H groups in total. The molecule has 74 valence electrons. The summed E-state index contributed by atoms with van der Waals surface area (Å²) in [5, 5.41) is 1.73. The van der Waals surface area contributed by atoms with E-state index in [2.05, 4.69) is 29.8 Å². The minimum atomic E-state index is 0.824. The molecular formula is C11H16BrCl. The summed E-state index contributed by atoms with van der Waals surface area (Å²) in [4.78, 5) is 0. The third-order valence-corrected chi connectivity index (χ3v) is 2.57. The van der Waals surface area contributed by atoms with Crippen LogP contribution in [0.2, 0.25) is 5.02 Å². The highest BCUT2D eigenvalue weighted by molar-refractivity contribution is 9.08. The van der Waals surface area contributed by atoms with Crippen molar-refractivity contribution in [2.75, 3.05) is 0 Å². The van der Waals surface area contributed by atoms with Crippen LogP contribution in [-0.2, 0) is 5.33 Å². The SMILES string of the molecule is CC.Cc1cc(Cl)cc(C)c1CBr. The lowest BCUT2D eigenvalue weighted by atomic mass is 10.1. The first-order chi connectivity index (χ1) is 6.15. The normalized spacial score (nSPS) is 9.08. The van der Waals surface area contributed by atoms with Crippen molar-refractivity contribution >= 4 is 27.5 Å². The second-order valence-corrected chi connectivity index (χ2v) is 3.65. The Bertz CT molecular complexity index is 246. The van der Waals surface area contributed by atoms with Crippen molar-refractivity contribution in [1.82, 2.24) is 0 Å². The number of alkyl halides is 1. The number of aryl methyl sites for hydroxylation is 2. The Hall–Kier alpha value is -0.0100. The molecule has 1 aromatic carbocycles. The molecular weight excluding hydrogens is 247 g/mol. The Morgan fingerprint density at radius 1 is 1.15 bits per heavy atom. The van der Waals surface area contributed by atoms with Crippen molar-refractivity contribution in [3.8, 4) is 0 Å². The Morgan fingerprint density at radius 3 is 1.85 bits per heavy atom. The highest BCUT2D eigenvalue weighted by atomic mass is 79.9. The fraction of sp³-hybridized carbons (Fsp3) is 0.455. The molecule has 1 rings (SSSR count). The van der Waals surface area contributed by atoms with Gasteiger partial charge in [0.05, 0.1) is 0 Å². The van der Waals surface area contributed by atoms with Crippen LogP contribution >= 0.6 is 27.5 Å². The standard InChI is InChI=1S/C9H10BrCl.C2H6/c1-6-3-8(11)4-7(2)9(6)5-10;1-2/h3-4H,5H2,1-2H3;1-2H3. The predicted octanol–water partition coefficient (Wildman–Crippen LogP) is 4.88. The predicted molar refractivity (Wildman–Crippen MR) is 64.9 cm³/mol. The Balaban J connectivity index is 0.000000671. The lowest BCUT2D eigenvalue weighted by Gasteiger charge is -2.06. The van der Waals surface area contributed by atoms with Crippen LogP contribution in [-0.4, -0.2) is 0 Å². The first-order valence-electron chi connectivity index (χ1n) is 4.46. The Kier molecular flexibility index (Phi) is 6.44. The van der Waals surface area contributed by atoms with E-state index < -0.39 is 0 Å². The molecule has 0 saturated carbocycles. The summed E-state index contributed by atoms with van der Waals surface area (Å²) in [6, 6.07) is 3.98. The molecule has 13 heavy (non-hydrogen) atoms. The smallest absolute Gasteiger partial charge is 0.0411 e. The number of hydrogen-bond donors (Lipinski definition) is 0. The number of benzene rings is 1. The summed E-state index contributed by atoms with van der Waals surface area (Å²) in [6.07, 6.45) is 0. The fourth-order valence-corrected chi connectivity index (χ4v) is 2.36. The zero-order chi connectivity index (χ0) is 10.4. The molecule has 0 saturated heterocycles. The van der Waals surface area contributed by atoms with Crippen molar-refractivity contribution in [2.45, 2.75) is 33.0 Å². The molecule has 0 heterocycles. The quantitative estimate of drug-likeness (QED) is 0.634. The van der Waals surface area contributed by atoms with E-state index in [-0.39, 0.29) is 0 Å². The van der Waals surface area contributed by atoms with E-state index >= 15 is 0 Å². The third kappa shape index (κ3) is 3.70. The van der Waals surface area contributed by atoms with Crippen LogP contribution in [0.3, 0.4) is 0 Å². The largest absolute Gasteiger partial charge is 0.0876 e. The maximum absolute atomic E-state index is 5.86. The maximum atomic E-state index is 5.86. The van der Waals surface area contributed by atoms with E-state index in [1.807, 2.05) is 26.0 Å². The molecule has 0 radical (unpaired) electrons. The van der Waals surface area contributed by atoms with Crippen LogP contribution in [0.1, 0.15) is 30.5 Å². The molecule has 0 fully saturated rings. The summed E-state index contributed by atoms with van der Waals surface area (Å²) in [5.41, 5.74) is 3.85. The molecule has 0 aliphatic heterocycles. The summed E-state index contributed by atoms with van der Waals surface area (Å²) in [6.45, 7) is 8.16. The first-order valence-corrected chi connectivity index (χ1v) is 5.96. The summed E-state index contributed by atoms with van der Waals surface area (Å²) >= 11 is 9.30. The van der Waals surface area contributed by atoms with Gasteiger partial charge in [-0.25, -0.2) is 0 Å². The second kappa shape index (κ2) is 6.44. The van der Waals surface area contributed by atoms with Crippen LogP contribution in [0.5, 0.6) is 0 Å². The van der Waals surface area contributed by atoms with Gasteiger partial charge >= 0.3 is 0 Å². The number of halogens is 2. The lowest BCUT2D eigenvalue weighted by molar-refractivity contribution is 1.25. The highest BCUT2D eigenvalue weighted by Crippen LogP contribution is 2.21. The minimum Gasteiger partial charge on any atom is -0.0876 e. The van der Waals surface area contributed by atoms with Gasteiger partial charge in [-0.05, 0) is 42.7 Å². The van der Waals surface area contributed by atoms with Gasteiger partial charge in [-0.15, -0.1) is 0 Å². The number of rotatable bonds is 1. The molecule has 0 aromatic heterocycles. The maximum Gasteiger partial charge on any atom is 0.0411 e. The van der Waals surface area contributed by atoms with Crippen LogP contribution in [0, 0.1) is 13.8 Å². The Labute approximate surface area is 94.4 Å². The second-order valence-electron chi connectivity index (χ2n) is 2.65. The van der Waals surface area contributed by atoms with Crippen molar-refractivity contribution < 1.29 is 0 Å². The topological polar surface area (TPSA) is 0 Å². The van der Waals surface area contributed by atoms with E-state index in [0.717, 1.165) is 10.4 Å². The van der Waals surface area contributed by atoms with Gasteiger partial charge in [0.15, 0.2) is 0 Å². The summed E-state index contributed by atoms with van der Waals surface area (Å²) in [5.74, 6) is 0. The van der Waals surface area contributed by atoms with Gasteiger partial charge in [0, 0.05) is 10.4 Å². The zero-order valence-corrected chi connectivity index (χ0v) is 11.0. The zero-order valence-electron chi connectivity index (χ0n) is 8.62. The van der Waals surface area contributed by atoms with Crippen LogP contribution < -0.4 is 0 Å². The summed E-state index contributed by atoms with van der Waals surface area (Å²) in [7, 11) is 0. The molecule has 0 aliphatic carbocycles. The van der Waals surface area contributed by atoms with Crippen LogP contribution in [0.4, 0.5) is 0 Å². The van der Waals surface area contributed by atoms with Crippen LogP contribution in [0.15, 0.2) is 12.1 Å². The van der Waals surface area contributed by atoms with Gasteiger partial charge in [0.2, 0.25) is 0 Å². The fourth-order valence-electron chi connectivity index (χ4n) is 1.15. The van der Waals surface area contributed by atoms with E-state index in [1.54, 1.807) is 0 Å². The van der Waals surface area contributed by atoms with E-state index in [4.69, 9.17) is 11.6 Å². The van der Waals surface area contributed by atoms with Crippen molar-refractivity contribution in [2.24, 2.45) is 0 Å². The third-order valence-electron chi connectivity index (χ3n) is 1.79. The van der Waals surface area contributed by atoms with Crippen molar-refractivity contribution in [3.05, 3.63) is 33.8 Å². The molecule has 0 bridgehead atoms. The average Bonchev–Trinajstić information content (AvgIpc) is 2.07. The van der Waals surface area contributed by atoms with E-state index in [0.29, 0.717) is 0 Å². The van der Waals surface area contributed by atoms with Gasteiger partial charge < -0.3 is 0 Å². The lowest BCUT2D eigenvalue weighted by Crippen LogP contribution is -1.88. The molecule has 0 nitrogen and oxygen atoms in total. The van der Waals surface area contributed by atoms with Crippen molar-refractivity contribution in [1.29, 1.82) is 0 Å². The molecule has 0 unspecified atom stereocenters. The summed E-state index contributed by atoms with van der Waals surface area (Å²) < 4.78 is 0. The van der Waals surface area contributed by atoms with Crippen molar-refractivity contribution in [3.63, 3.8) is 0 Å². The average molecular weight is 264 g/mol. The Morgan fingerprint density at radius 2 is 1.54 bits per heavy atom. The van der Waals surface area contributed by atoms with Gasteiger partial charge in [0.25, 0.3) is 0 Å². The van der Waals surface area contributed by atoms with Crippen LogP contribution in [0.25, 0.3) is 0 Å². The highest BCUT2D eigenvalue weighted by Gasteiger charge is 2.01. The molecule has 1 aromatic rings. The van der Waals surface area contributed by atoms with Gasteiger partial charge in [-0.3, -0.25) is 0 Å². The molecule has 0 atom stereocenters. The van der Waals surface area contributed by atoms with Gasteiger partial charge in [-0.2, -0.15) is 0 Å². The van der Waals surface area contributed by atoms with E-state index in [9.17, 15) is 0 Å². The molecule has 2 heteroatoms. The molecule has 0 amide bonds.